The molecule has 0 aromatic carbocycles. The molecule has 0 radical (unpaired) electrons. The Morgan fingerprint density at radius 1 is 1.23 bits per heavy atom. The Bertz CT molecular complexity index is 635. The second-order valence-electron chi connectivity index (χ2n) is 7.33. The number of ether oxygens (including phenoxy) is 2. The Morgan fingerprint density at radius 2 is 2.08 bits per heavy atom. The fraction of sp³-hybridized carbons (Fsp3) is 0.684. The van der Waals surface area contributed by atoms with Gasteiger partial charge in [0.25, 0.3) is 0 Å². The Morgan fingerprint density at radius 3 is 2.88 bits per heavy atom. The lowest BCUT2D eigenvalue weighted by molar-refractivity contribution is -0.131. The highest BCUT2D eigenvalue weighted by atomic mass is 16.5. The van der Waals surface area contributed by atoms with E-state index in [9.17, 15) is 4.79 Å². The first kappa shape index (κ1) is 17.7. The van der Waals surface area contributed by atoms with Gasteiger partial charge in [-0.1, -0.05) is 0 Å². The zero-order chi connectivity index (χ0) is 17.9. The summed E-state index contributed by atoms with van der Waals surface area (Å²) in [4.78, 5) is 23.7. The smallest absolute Gasteiger partial charge is 0.224 e. The van der Waals surface area contributed by atoms with Gasteiger partial charge in [0.1, 0.15) is 0 Å². The second-order valence-corrected chi connectivity index (χ2v) is 7.33. The van der Waals surface area contributed by atoms with Crippen LogP contribution in [0.3, 0.4) is 0 Å². The Balaban J connectivity index is 1.36. The highest BCUT2D eigenvalue weighted by molar-refractivity contribution is 5.77. The third kappa shape index (κ3) is 3.84. The molecule has 3 fully saturated rings. The van der Waals surface area contributed by atoms with Gasteiger partial charge in [-0.15, -0.1) is 0 Å². The summed E-state index contributed by atoms with van der Waals surface area (Å²) >= 11 is 0. The summed E-state index contributed by atoms with van der Waals surface area (Å²) in [5.74, 6) is 0.236. The van der Waals surface area contributed by atoms with Crippen LogP contribution in [0.2, 0.25) is 0 Å². The highest BCUT2D eigenvalue weighted by Gasteiger charge is 2.41. The Kier molecular flexibility index (Phi) is 5.38. The molecular formula is C19H28N4O3. The number of rotatable bonds is 4. The SMILES string of the molecule is Cc1cc(N2CCO[C@H]3CN(C(=O)CCN4CCOCC4)C[C@@H]32)ccn1. The molecule has 3 aliphatic heterocycles. The average Bonchev–Trinajstić information content (AvgIpc) is 3.11. The number of carbonyl (C=O) groups is 1. The van der Waals surface area contributed by atoms with Crippen molar-refractivity contribution in [1.82, 2.24) is 14.8 Å². The first-order valence-electron chi connectivity index (χ1n) is 9.59. The summed E-state index contributed by atoms with van der Waals surface area (Å²) < 4.78 is 11.3. The van der Waals surface area contributed by atoms with Gasteiger partial charge in [0.15, 0.2) is 0 Å². The lowest BCUT2D eigenvalue weighted by Gasteiger charge is -2.38. The quantitative estimate of drug-likeness (QED) is 0.781. The lowest BCUT2D eigenvalue weighted by atomic mass is 10.1. The number of aromatic nitrogens is 1. The van der Waals surface area contributed by atoms with Crippen LogP contribution < -0.4 is 4.90 Å². The van der Waals surface area contributed by atoms with Crippen LogP contribution in [0.25, 0.3) is 0 Å². The first-order chi connectivity index (χ1) is 12.7. The van der Waals surface area contributed by atoms with Gasteiger partial charge in [-0.3, -0.25) is 14.7 Å². The number of hydrogen-bond acceptors (Lipinski definition) is 6. The van der Waals surface area contributed by atoms with Gasteiger partial charge in [0, 0.05) is 63.3 Å². The van der Waals surface area contributed by atoms with Crippen LogP contribution in [-0.4, -0.2) is 91.9 Å². The Hall–Kier alpha value is -1.70. The van der Waals surface area contributed by atoms with Crippen LogP contribution in [0.4, 0.5) is 5.69 Å². The van der Waals surface area contributed by atoms with Crippen molar-refractivity contribution < 1.29 is 14.3 Å². The van der Waals surface area contributed by atoms with Crippen LogP contribution in [0.5, 0.6) is 0 Å². The molecule has 142 valence electrons. The lowest BCUT2D eigenvalue weighted by Crippen LogP contribution is -2.51. The van der Waals surface area contributed by atoms with Crippen LogP contribution in [0, 0.1) is 6.92 Å². The van der Waals surface area contributed by atoms with E-state index in [1.165, 1.54) is 5.69 Å². The standard InChI is InChI=1S/C19H28N4O3/c1-15-12-16(2-4-20-15)23-8-11-26-18-14-22(13-17(18)23)19(24)3-5-21-6-9-25-10-7-21/h2,4,12,17-18H,3,5-11,13-14H2,1H3/t17-,18-/m0/s1. The third-order valence-corrected chi connectivity index (χ3v) is 5.61. The summed E-state index contributed by atoms with van der Waals surface area (Å²) in [5, 5.41) is 0. The van der Waals surface area contributed by atoms with E-state index in [-0.39, 0.29) is 18.1 Å². The maximum absolute atomic E-state index is 12.7. The fourth-order valence-corrected chi connectivity index (χ4v) is 4.16. The van der Waals surface area contributed by atoms with E-state index < -0.39 is 0 Å². The van der Waals surface area contributed by atoms with Crippen molar-refractivity contribution in [3.63, 3.8) is 0 Å². The third-order valence-electron chi connectivity index (χ3n) is 5.61. The molecule has 7 heteroatoms. The van der Waals surface area contributed by atoms with Gasteiger partial charge in [0.05, 0.1) is 32.0 Å². The first-order valence-corrected chi connectivity index (χ1v) is 9.59. The van der Waals surface area contributed by atoms with Crippen molar-refractivity contribution in [3.05, 3.63) is 24.0 Å². The summed E-state index contributed by atoms with van der Waals surface area (Å²) in [5.41, 5.74) is 2.19. The van der Waals surface area contributed by atoms with E-state index in [0.29, 0.717) is 19.6 Å². The molecular weight excluding hydrogens is 332 g/mol. The minimum absolute atomic E-state index is 0.101. The molecule has 3 aliphatic rings. The molecule has 0 N–H and O–H groups in total. The van der Waals surface area contributed by atoms with Gasteiger partial charge < -0.3 is 19.3 Å². The van der Waals surface area contributed by atoms with Crippen molar-refractivity contribution in [2.24, 2.45) is 0 Å². The van der Waals surface area contributed by atoms with Crippen molar-refractivity contribution in [1.29, 1.82) is 0 Å². The molecule has 3 saturated heterocycles. The van der Waals surface area contributed by atoms with E-state index in [2.05, 4.69) is 26.9 Å². The van der Waals surface area contributed by atoms with E-state index in [0.717, 1.165) is 51.6 Å². The van der Waals surface area contributed by atoms with Crippen molar-refractivity contribution in [3.8, 4) is 0 Å². The fourth-order valence-electron chi connectivity index (χ4n) is 4.16. The number of morpholine rings is 2. The summed E-state index contributed by atoms with van der Waals surface area (Å²) in [7, 11) is 0. The van der Waals surface area contributed by atoms with E-state index in [1.807, 2.05) is 18.0 Å². The minimum atomic E-state index is 0.101. The number of hydrogen-bond donors (Lipinski definition) is 0. The van der Waals surface area contributed by atoms with E-state index >= 15 is 0 Å². The molecule has 0 unspecified atom stereocenters. The summed E-state index contributed by atoms with van der Waals surface area (Å²) in [6.45, 7) is 9.25. The zero-order valence-corrected chi connectivity index (χ0v) is 15.5. The van der Waals surface area contributed by atoms with Crippen LogP contribution >= 0.6 is 0 Å². The monoisotopic (exact) mass is 360 g/mol. The zero-order valence-electron chi connectivity index (χ0n) is 15.5. The molecule has 0 saturated carbocycles. The van der Waals surface area contributed by atoms with Gasteiger partial charge in [-0.25, -0.2) is 0 Å². The van der Waals surface area contributed by atoms with E-state index in [4.69, 9.17) is 9.47 Å². The van der Waals surface area contributed by atoms with Gasteiger partial charge in [-0.2, -0.15) is 0 Å². The predicted molar refractivity (Wildman–Crippen MR) is 98.3 cm³/mol. The maximum atomic E-state index is 12.7. The maximum Gasteiger partial charge on any atom is 0.224 e. The highest BCUT2D eigenvalue weighted by Crippen LogP contribution is 2.28. The molecule has 1 aromatic heterocycles. The molecule has 26 heavy (non-hydrogen) atoms. The molecule has 2 atom stereocenters. The average molecular weight is 360 g/mol. The van der Waals surface area contributed by atoms with Crippen molar-refractivity contribution >= 4 is 11.6 Å². The summed E-state index contributed by atoms with van der Waals surface area (Å²) in [6.07, 6.45) is 2.54. The molecule has 1 aromatic rings. The number of anilines is 1. The number of fused-ring (bicyclic) bond motifs is 1. The van der Waals surface area contributed by atoms with E-state index in [1.54, 1.807) is 0 Å². The van der Waals surface area contributed by atoms with Gasteiger partial charge >= 0.3 is 0 Å². The molecule has 0 bridgehead atoms. The van der Waals surface area contributed by atoms with Crippen LogP contribution in [0.1, 0.15) is 12.1 Å². The number of aryl methyl sites for hydroxylation is 1. The largest absolute Gasteiger partial charge is 0.379 e. The van der Waals surface area contributed by atoms with Crippen molar-refractivity contribution in [2.45, 2.75) is 25.5 Å². The second kappa shape index (κ2) is 7.90. The number of nitrogens with zero attached hydrogens (tertiary/aromatic N) is 4. The number of carbonyl (C=O) groups excluding carboxylic acids is 1. The molecule has 1 amide bonds. The Labute approximate surface area is 154 Å². The molecule has 4 rings (SSSR count). The number of likely N-dealkylation sites (tertiary alicyclic amines) is 1. The molecule has 0 spiro atoms. The number of amides is 1. The number of pyridine rings is 1. The normalized spacial score (nSPS) is 26.8. The predicted octanol–water partition coefficient (Wildman–Crippen LogP) is 0.528. The molecule has 4 heterocycles. The van der Waals surface area contributed by atoms with Crippen LogP contribution in [-0.2, 0) is 14.3 Å². The summed E-state index contributed by atoms with van der Waals surface area (Å²) in [6, 6.07) is 4.40. The topological polar surface area (TPSA) is 58.1 Å². The van der Waals surface area contributed by atoms with Gasteiger partial charge in [-0.05, 0) is 19.1 Å². The molecule has 0 aliphatic carbocycles. The van der Waals surface area contributed by atoms with Gasteiger partial charge in [0.2, 0.25) is 5.91 Å². The van der Waals surface area contributed by atoms with Crippen LogP contribution in [0.15, 0.2) is 18.3 Å². The van der Waals surface area contributed by atoms with Crippen molar-refractivity contribution in [2.75, 3.05) is 64.0 Å². The molecule has 7 nitrogen and oxygen atoms in total. The minimum Gasteiger partial charge on any atom is -0.379 e.